The minimum absolute atomic E-state index is 0.0191. The minimum Gasteiger partial charge on any atom is -0.354 e. The molecule has 0 aliphatic carbocycles. The molecule has 0 fully saturated rings. The molecule has 0 radical (unpaired) electrons. The predicted molar refractivity (Wildman–Crippen MR) is 64.9 cm³/mol. The standard InChI is InChI=1S/C12H20FN3/c1-5-12(2,3)16(4)11-9(7-14)6-10(13)8-15-11/h6,8H,5,7,14H2,1-4H3. The number of nitrogens with two attached hydrogens (primary N) is 1. The number of rotatable bonds is 4. The molecule has 0 aliphatic rings. The van der Waals surface area contributed by atoms with Crippen molar-refractivity contribution in [3.63, 3.8) is 0 Å². The van der Waals surface area contributed by atoms with E-state index in [1.54, 1.807) is 0 Å². The Hall–Kier alpha value is -1.16. The van der Waals surface area contributed by atoms with Gasteiger partial charge in [-0.1, -0.05) is 6.92 Å². The normalized spacial score (nSPS) is 11.6. The van der Waals surface area contributed by atoms with E-state index in [1.165, 1.54) is 12.3 Å². The lowest BCUT2D eigenvalue weighted by atomic mass is 9.99. The van der Waals surface area contributed by atoms with E-state index >= 15 is 0 Å². The Morgan fingerprint density at radius 2 is 2.12 bits per heavy atom. The monoisotopic (exact) mass is 225 g/mol. The first kappa shape index (κ1) is 12.9. The summed E-state index contributed by atoms with van der Waals surface area (Å²) in [6.45, 7) is 6.66. The van der Waals surface area contributed by atoms with Crippen molar-refractivity contribution in [3.8, 4) is 0 Å². The van der Waals surface area contributed by atoms with Gasteiger partial charge in [-0.2, -0.15) is 0 Å². The molecule has 3 nitrogen and oxygen atoms in total. The Morgan fingerprint density at radius 3 is 2.62 bits per heavy atom. The summed E-state index contributed by atoms with van der Waals surface area (Å²) in [7, 11) is 1.96. The summed E-state index contributed by atoms with van der Waals surface area (Å²) in [5.74, 6) is 0.419. The molecule has 4 heteroatoms. The van der Waals surface area contributed by atoms with Crippen molar-refractivity contribution in [2.75, 3.05) is 11.9 Å². The second-order valence-corrected chi connectivity index (χ2v) is 4.57. The van der Waals surface area contributed by atoms with Gasteiger partial charge in [-0.05, 0) is 26.3 Å². The van der Waals surface area contributed by atoms with Crippen LogP contribution in [0, 0.1) is 5.82 Å². The fourth-order valence-electron chi connectivity index (χ4n) is 1.45. The van der Waals surface area contributed by atoms with E-state index in [4.69, 9.17) is 5.73 Å². The van der Waals surface area contributed by atoms with Crippen molar-refractivity contribution in [1.82, 2.24) is 4.98 Å². The van der Waals surface area contributed by atoms with Crippen LogP contribution in [0.25, 0.3) is 0 Å². The third-order valence-electron chi connectivity index (χ3n) is 3.22. The van der Waals surface area contributed by atoms with Crippen LogP contribution in [0.1, 0.15) is 32.8 Å². The van der Waals surface area contributed by atoms with Crippen LogP contribution >= 0.6 is 0 Å². The molecule has 0 amide bonds. The summed E-state index contributed by atoms with van der Waals surface area (Å²) < 4.78 is 13.0. The number of aromatic nitrogens is 1. The molecule has 90 valence electrons. The van der Waals surface area contributed by atoms with E-state index in [1.807, 2.05) is 7.05 Å². The first-order chi connectivity index (χ1) is 7.42. The zero-order valence-corrected chi connectivity index (χ0v) is 10.4. The summed E-state index contributed by atoms with van der Waals surface area (Å²) in [5.41, 5.74) is 6.33. The van der Waals surface area contributed by atoms with Crippen LogP contribution in [0.2, 0.25) is 0 Å². The number of anilines is 1. The van der Waals surface area contributed by atoms with Crippen LogP contribution in [-0.4, -0.2) is 17.6 Å². The molecule has 0 aromatic carbocycles. The second kappa shape index (κ2) is 4.78. The van der Waals surface area contributed by atoms with Crippen molar-refractivity contribution in [1.29, 1.82) is 0 Å². The third-order valence-corrected chi connectivity index (χ3v) is 3.22. The van der Waals surface area contributed by atoms with Gasteiger partial charge >= 0.3 is 0 Å². The zero-order valence-electron chi connectivity index (χ0n) is 10.4. The Morgan fingerprint density at radius 1 is 1.50 bits per heavy atom. The maximum atomic E-state index is 13.0. The van der Waals surface area contributed by atoms with Crippen molar-refractivity contribution >= 4 is 5.82 Å². The van der Waals surface area contributed by atoms with E-state index in [-0.39, 0.29) is 11.4 Å². The smallest absolute Gasteiger partial charge is 0.141 e. The van der Waals surface area contributed by atoms with Crippen LogP contribution in [0.5, 0.6) is 0 Å². The van der Waals surface area contributed by atoms with Crippen molar-refractivity contribution in [2.45, 2.75) is 39.3 Å². The molecular formula is C12H20FN3. The van der Waals surface area contributed by atoms with Gasteiger partial charge in [-0.25, -0.2) is 9.37 Å². The fourth-order valence-corrected chi connectivity index (χ4v) is 1.45. The van der Waals surface area contributed by atoms with Crippen LogP contribution < -0.4 is 10.6 Å². The molecule has 1 aromatic rings. The van der Waals surface area contributed by atoms with Gasteiger partial charge in [0.25, 0.3) is 0 Å². The van der Waals surface area contributed by atoms with Gasteiger partial charge in [0.2, 0.25) is 0 Å². The number of nitrogens with zero attached hydrogens (tertiary/aromatic N) is 2. The van der Waals surface area contributed by atoms with E-state index in [0.29, 0.717) is 6.54 Å². The SMILES string of the molecule is CCC(C)(C)N(C)c1ncc(F)cc1CN. The molecule has 1 rings (SSSR count). The van der Waals surface area contributed by atoms with Gasteiger partial charge in [0.1, 0.15) is 11.6 Å². The Labute approximate surface area is 96.5 Å². The molecular weight excluding hydrogens is 205 g/mol. The summed E-state index contributed by atoms with van der Waals surface area (Å²) in [5, 5.41) is 0. The summed E-state index contributed by atoms with van der Waals surface area (Å²) in [4.78, 5) is 6.18. The summed E-state index contributed by atoms with van der Waals surface area (Å²) >= 11 is 0. The maximum absolute atomic E-state index is 13.0. The van der Waals surface area contributed by atoms with Crippen LogP contribution in [0.3, 0.4) is 0 Å². The van der Waals surface area contributed by atoms with E-state index in [9.17, 15) is 4.39 Å². The third kappa shape index (κ3) is 2.50. The first-order valence-corrected chi connectivity index (χ1v) is 5.50. The molecule has 0 saturated heterocycles. The van der Waals surface area contributed by atoms with E-state index < -0.39 is 0 Å². The average molecular weight is 225 g/mol. The van der Waals surface area contributed by atoms with Crippen molar-refractivity contribution in [3.05, 3.63) is 23.6 Å². The summed E-state index contributed by atoms with van der Waals surface area (Å²) in [6, 6.07) is 1.45. The van der Waals surface area contributed by atoms with Crippen LogP contribution in [-0.2, 0) is 6.54 Å². The maximum Gasteiger partial charge on any atom is 0.141 e. The molecule has 1 heterocycles. The highest BCUT2D eigenvalue weighted by molar-refractivity contribution is 5.48. The first-order valence-electron chi connectivity index (χ1n) is 5.50. The van der Waals surface area contributed by atoms with Crippen molar-refractivity contribution < 1.29 is 4.39 Å². The van der Waals surface area contributed by atoms with E-state index in [2.05, 4.69) is 30.7 Å². The van der Waals surface area contributed by atoms with Gasteiger partial charge < -0.3 is 10.6 Å². The number of hydrogen-bond acceptors (Lipinski definition) is 3. The topological polar surface area (TPSA) is 42.2 Å². The summed E-state index contributed by atoms with van der Waals surface area (Å²) in [6.07, 6.45) is 2.21. The molecule has 1 aromatic heterocycles. The molecule has 0 spiro atoms. The molecule has 0 bridgehead atoms. The van der Waals surface area contributed by atoms with Crippen LogP contribution in [0.15, 0.2) is 12.3 Å². The predicted octanol–water partition coefficient (Wildman–Crippen LogP) is 2.30. The van der Waals surface area contributed by atoms with Gasteiger partial charge in [0.05, 0.1) is 6.20 Å². The number of halogens is 1. The minimum atomic E-state index is -0.341. The largest absolute Gasteiger partial charge is 0.354 e. The number of hydrogen-bond donors (Lipinski definition) is 1. The highest BCUT2D eigenvalue weighted by Crippen LogP contribution is 2.26. The molecule has 16 heavy (non-hydrogen) atoms. The van der Waals surface area contributed by atoms with Crippen LogP contribution in [0.4, 0.5) is 10.2 Å². The molecule has 0 unspecified atom stereocenters. The van der Waals surface area contributed by atoms with Crippen molar-refractivity contribution in [2.24, 2.45) is 5.73 Å². The second-order valence-electron chi connectivity index (χ2n) is 4.57. The molecule has 0 aliphatic heterocycles. The molecule has 2 N–H and O–H groups in total. The lowest BCUT2D eigenvalue weighted by Gasteiger charge is -2.36. The molecule has 0 atom stereocenters. The lowest BCUT2D eigenvalue weighted by Crippen LogP contribution is -2.41. The van der Waals surface area contributed by atoms with Gasteiger partial charge in [0.15, 0.2) is 0 Å². The Balaban J connectivity index is 3.13. The average Bonchev–Trinajstić information content (AvgIpc) is 2.27. The van der Waals surface area contributed by atoms with Gasteiger partial charge in [0, 0.05) is 24.7 Å². The zero-order chi connectivity index (χ0) is 12.3. The van der Waals surface area contributed by atoms with Gasteiger partial charge in [-0.15, -0.1) is 0 Å². The Bertz CT molecular complexity index is 363. The quantitative estimate of drug-likeness (QED) is 0.855. The highest BCUT2D eigenvalue weighted by atomic mass is 19.1. The lowest BCUT2D eigenvalue weighted by molar-refractivity contribution is 0.465. The van der Waals surface area contributed by atoms with E-state index in [0.717, 1.165) is 17.8 Å². The molecule has 0 saturated carbocycles. The highest BCUT2D eigenvalue weighted by Gasteiger charge is 2.24. The Kier molecular flexibility index (Phi) is 3.86. The fraction of sp³-hybridized carbons (Fsp3) is 0.583. The van der Waals surface area contributed by atoms with Gasteiger partial charge in [-0.3, -0.25) is 0 Å². The number of pyridine rings is 1.